The molecule has 5 heteroatoms. The summed E-state index contributed by atoms with van der Waals surface area (Å²) in [5.74, 6) is 0.748. The highest BCUT2D eigenvalue weighted by atomic mass is 32.1. The predicted octanol–water partition coefficient (Wildman–Crippen LogP) is 2.93. The van der Waals surface area contributed by atoms with Gasteiger partial charge in [-0.3, -0.25) is 0 Å². The molecule has 0 spiro atoms. The smallest absolute Gasteiger partial charge is 0.350 e. The average molecular weight is 282 g/mol. The van der Waals surface area contributed by atoms with Crippen molar-refractivity contribution in [3.05, 3.63) is 15.6 Å². The van der Waals surface area contributed by atoms with Crippen LogP contribution in [0.1, 0.15) is 60.0 Å². The summed E-state index contributed by atoms with van der Waals surface area (Å²) in [6, 6.07) is -0.0147. The van der Waals surface area contributed by atoms with E-state index in [1.165, 1.54) is 24.2 Å². The monoisotopic (exact) mass is 282 g/mol. The maximum atomic E-state index is 12.0. The second kappa shape index (κ2) is 6.01. The van der Waals surface area contributed by atoms with Gasteiger partial charge in [-0.25, -0.2) is 9.78 Å². The van der Waals surface area contributed by atoms with Crippen molar-refractivity contribution in [3.8, 4) is 0 Å². The van der Waals surface area contributed by atoms with Crippen LogP contribution in [-0.2, 0) is 11.2 Å². The van der Waals surface area contributed by atoms with E-state index in [0.717, 1.165) is 17.1 Å². The van der Waals surface area contributed by atoms with Crippen LogP contribution in [0.5, 0.6) is 0 Å². The van der Waals surface area contributed by atoms with Gasteiger partial charge < -0.3 is 10.5 Å². The van der Waals surface area contributed by atoms with E-state index >= 15 is 0 Å². The molecule has 0 saturated heterocycles. The summed E-state index contributed by atoms with van der Waals surface area (Å²) < 4.78 is 5.11. The number of esters is 1. The van der Waals surface area contributed by atoms with Crippen LogP contribution in [0.25, 0.3) is 0 Å². The summed E-state index contributed by atoms with van der Waals surface area (Å²) in [6.45, 7) is 6.45. The SMILES string of the molecule is CCOC(=O)c1sc(C(N)C2CC2)nc1CC(C)C. The van der Waals surface area contributed by atoms with E-state index in [1.54, 1.807) is 0 Å². The Kier molecular flexibility index (Phi) is 4.58. The molecule has 1 aromatic rings. The van der Waals surface area contributed by atoms with Crippen LogP contribution in [0.3, 0.4) is 0 Å². The number of rotatable bonds is 6. The first-order valence-electron chi connectivity index (χ1n) is 6.95. The normalized spacial score (nSPS) is 16.7. The number of ether oxygens (including phenoxy) is 1. The number of nitrogens with zero attached hydrogens (tertiary/aromatic N) is 1. The molecule has 4 nitrogen and oxygen atoms in total. The molecule has 1 aliphatic carbocycles. The van der Waals surface area contributed by atoms with Crippen LogP contribution in [0, 0.1) is 11.8 Å². The van der Waals surface area contributed by atoms with Gasteiger partial charge in [-0.15, -0.1) is 11.3 Å². The minimum absolute atomic E-state index is 0.0147. The molecular formula is C14H22N2O2S. The van der Waals surface area contributed by atoms with Gasteiger partial charge in [0, 0.05) is 0 Å². The van der Waals surface area contributed by atoms with E-state index < -0.39 is 0 Å². The summed E-state index contributed by atoms with van der Waals surface area (Å²) in [4.78, 5) is 17.2. The molecule has 1 unspecified atom stereocenters. The fraction of sp³-hybridized carbons (Fsp3) is 0.714. The lowest BCUT2D eigenvalue weighted by Crippen LogP contribution is -2.12. The molecule has 0 amide bonds. The van der Waals surface area contributed by atoms with Crippen LogP contribution < -0.4 is 5.73 Å². The summed E-state index contributed by atoms with van der Waals surface area (Å²) in [5.41, 5.74) is 7.03. The van der Waals surface area contributed by atoms with Crippen LogP contribution in [-0.4, -0.2) is 17.6 Å². The Bertz CT molecular complexity index is 452. The zero-order valence-electron chi connectivity index (χ0n) is 11.8. The molecule has 1 aliphatic rings. The van der Waals surface area contributed by atoms with Crippen molar-refractivity contribution >= 4 is 17.3 Å². The molecule has 1 saturated carbocycles. The number of carbonyl (C=O) groups is 1. The van der Waals surface area contributed by atoms with Crippen LogP contribution in [0.4, 0.5) is 0 Å². The molecule has 0 aliphatic heterocycles. The Morgan fingerprint density at radius 1 is 1.53 bits per heavy atom. The summed E-state index contributed by atoms with van der Waals surface area (Å²) in [7, 11) is 0. The van der Waals surface area contributed by atoms with Crippen molar-refractivity contribution in [3.63, 3.8) is 0 Å². The molecule has 1 atom stereocenters. The second-order valence-electron chi connectivity index (χ2n) is 5.51. The third kappa shape index (κ3) is 3.54. The van der Waals surface area contributed by atoms with Crippen molar-refractivity contribution in [1.29, 1.82) is 0 Å². The standard InChI is InChI=1S/C14H22N2O2S/c1-4-18-14(17)12-10(7-8(2)3)16-13(19-12)11(15)9-5-6-9/h8-9,11H,4-7,15H2,1-3H3. The zero-order chi connectivity index (χ0) is 14.0. The first kappa shape index (κ1) is 14.5. The minimum Gasteiger partial charge on any atom is -0.462 e. The predicted molar refractivity (Wildman–Crippen MR) is 76.3 cm³/mol. The van der Waals surface area contributed by atoms with Crippen molar-refractivity contribution in [2.75, 3.05) is 6.61 Å². The highest BCUT2D eigenvalue weighted by Gasteiger charge is 2.33. The van der Waals surface area contributed by atoms with Crippen molar-refractivity contribution in [2.24, 2.45) is 17.6 Å². The molecule has 106 valence electrons. The van der Waals surface area contributed by atoms with Gasteiger partial charge in [0.05, 0.1) is 18.3 Å². The van der Waals surface area contributed by atoms with Gasteiger partial charge in [0.25, 0.3) is 0 Å². The van der Waals surface area contributed by atoms with E-state index in [4.69, 9.17) is 10.5 Å². The van der Waals surface area contributed by atoms with Gasteiger partial charge in [0.15, 0.2) is 0 Å². The maximum absolute atomic E-state index is 12.0. The Labute approximate surface area is 118 Å². The molecule has 1 aromatic heterocycles. The van der Waals surface area contributed by atoms with E-state index in [-0.39, 0.29) is 12.0 Å². The van der Waals surface area contributed by atoms with Gasteiger partial charge in [-0.1, -0.05) is 13.8 Å². The number of nitrogens with two attached hydrogens (primary N) is 1. The third-order valence-corrected chi connectivity index (χ3v) is 4.37. The van der Waals surface area contributed by atoms with Gasteiger partial charge in [-0.2, -0.15) is 0 Å². The molecule has 2 N–H and O–H groups in total. The Morgan fingerprint density at radius 3 is 2.74 bits per heavy atom. The minimum atomic E-state index is -0.259. The Morgan fingerprint density at radius 2 is 2.21 bits per heavy atom. The van der Waals surface area contributed by atoms with Crippen molar-refractivity contribution < 1.29 is 9.53 Å². The summed E-state index contributed by atoms with van der Waals surface area (Å²) in [5, 5.41) is 0.890. The lowest BCUT2D eigenvalue weighted by Gasteiger charge is -2.05. The number of thiazole rings is 1. The van der Waals surface area contributed by atoms with E-state index in [0.29, 0.717) is 23.3 Å². The van der Waals surface area contributed by atoms with Crippen molar-refractivity contribution in [1.82, 2.24) is 4.98 Å². The van der Waals surface area contributed by atoms with E-state index in [2.05, 4.69) is 18.8 Å². The highest BCUT2D eigenvalue weighted by molar-refractivity contribution is 7.13. The molecule has 2 rings (SSSR count). The largest absolute Gasteiger partial charge is 0.462 e. The summed E-state index contributed by atoms with van der Waals surface area (Å²) >= 11 is 1.42. The zero-order valence-corrected chi connectivity index (χ0v) is 12.6. The van der Waals surface area contributed by atoms with Crippen LogP contribution in [0.15, 0.2) is 0 Å². The fourth-order valence-electron chi connectivity index (χ4n) is 2.05. The van der Waals surface area contributed by atoms with Gasteiger partial charge in [0.2, 0.25) is 0 Å². The molecule has 0 radical (unpaired) electrons. The first-order chi connectivity index (χ1) is 9.02. The first-order valence-corrected chi connectivity index (χ1v) is 7.76. The number of hydrogen-bond donors (Lipinski definition) is 1. The van der Waals surface area contributed by atoms with Crippen LogP contribution >= 0.6 is 11.3 Å². The fourth-order valence-corrected chi connectivity index (χ4v) is 3.13. The quantitative estimate of drug-likeness (QED) is 0.815. The third-order valence-electron chi connectivity index (χ3n) is 3.19. The Hall–Kier alpha value is -0.940. The number of carbonyl (C=O) groups excluding carboxylic acids is 1. The van der Waals surface area contributed by atoms with E-state index in [1.807, 2.05) is 6.92 Å². The van der Waals surface area contributed by atoms with Gasteiger partial charge in [-0.05, 0) is 38.0 Å². The Balaban J connectivity index is 2.24. The molecule has 1 fully saturated rings. The molecule has 19 heavy (non-hydrogen) atoms. The lowest BCUT2D eigenvalue weighted by atomic mass is 10.1. The lowest BCUT2D eigenvalue weighted by molar-refractivity contribution is 0.0530. The molecule has 1 heterocycles. The average Bonchev–Trinajstić information content (AvgIpc) is 3.10. The van der Waals surface area contributed by atoms with Gasteiger partial charge in [0.1, 0.15) is 9.88 Å². The van der Waals surface area contributed by atoms with E-state index in [9.17, 15) is 4.79 Å². The van der Waals surface area contributed by atoms with Crippen molar-refractivity contribution in [2.45, 2.75) is 46.1 Å². The molecule has 0 aromatic carbocycles. The number of hydrogen-bond acceptors (Lipinski definition) is 5. The van der Waals surface area contributed by atoms with Gasteiger partial charge >= 0.3 is 5.97 Å². The maximum Gasteiger partial charge on any atom is 0.350 e. The number of aromatic nitrogens is 1. The van der Waals surface area contributed by atoms with Crippen LogP contribution in [0.2, 0.25) is 0 Å². The topological polar surface area (TPSA) is 65.2 Å². The summed E-state index contributed by atoms with van der Waals surface area (Å²) in [6.07, 6.45) is 3.14. The molecular weight excluding hydrogens is 260 g/mol. The highest BCUT2D eigenvalue weighted by Crippen LogP contribution is 2.41. The molecule has 0 bridgehead atoms. The second-order valence-corrected chi connectivity index (χ2v) is 6.54.